The van der Waals surface area contributed by atoms with E-state index in [9.17, 15) is 34.2 Å². The SMILES string of the molecule is Cc1cc(C)n2c1C=C1C=CC(CCC(=O)CCCCn3cc(Cn4c(=O)n5n(c4=O)CC([C@@H]4C[C@@H](OC(=O)CCl)[C@]6(C)[C@H](C)CC[C@]7(C[C@H](O)C(=O)[C@]76O)[C@H]4C)=CC5)nn3)=[N+]1[B-]2(F)F. The maximum Gasteiger partial charge on any atom is 0.737 e. The fraction of sp³-hybridized carbons (Fsp3) is 0.600. The lowest BCUT2D eigenvalue weighted by Gasteiger charge is -2.60. The molecule has 3 aromatic heterocycles. The van der Waals surface area contributed by atoms with Gasteiger partial charge >= 0.3 is 24.3 Å². The standard InChI is InChI=1S/C45H56BClF2N8O8/c1-26-18-28(3)56-36(26)19-33-10-9-32(57(33)46(56,48)49)11-12-34(58)8-6-7-16-52-24-31(50-51-52)25-53-41(62)54-17-14-30(23-55(54)42(53)63)35-20-38(65-39(60)22-47)43(5)27(2)13-15-44(29(35)4)21-37(59)40(61)45(43,44)64/h9-10,14,18-19,24,27,29,35,37-38,59,64H,6-8,11-13,15-17,20-23,25H2,1-5H3/t27-,29+,35-,37+,38-,43+,44+,45-/m1/s1. The molecule has 3 aliphatic heterocycles. The van der Waals surface area contributed by atoms with E-state index in [4.69, 9.17) is 16.3 Å². The zero-order valence-corrected chi connectivity index (χ0v) is 38.1. The van der Waals surface area contributed by atoms with E-state index in [1.54, 1.807) is 49.0 Å². The first kappa shape index (κ1) is 45.2. The zero-order valence-electron chi connectivity index (χ0n) is 37.4. The molecule has 3 aromatic rings. The number of hydrogen-bond acceptors (Lipinski definition) is 10. The minimum absolute atomic E-state index is 0.0254. The fourth-order valence-corrected chi connectivity index (χ4v) is 12.9. The summed E-state index contributed by atoms with van der Waals surface area (Å²) >= 11 is 5.92. The van der Waals surface area contributed by atoms with Crippen LogP contribution < -0.4 is 11.4 Å². The van der Waals surface area contributed by atoms with Gasteiger partial charge < -0.3 is 32.5 Å². The smallest absolute Gasteiger partial charge is 0.461 e. The summed E-state index contributed by atoms with van der Waals surface area (Å²) in [6.07, 6.45) is 9.51. The summed E-state index contributed by atoms with van der Waals surface area (Å²) in [5, 5.41) is 32.2. The third-order valence-corrected chi connectivity index (χ3v) is 16.6. The number of ether oxygens (including phenoxy) is 1. The van der Waals surface area contributed by atoms with Crippen LogP contribution in [0.15, 0.2) is 51.4 Å². The van der Waals surface area contributed by atoms with Crippen LogP contribution >= 0.6 is 11.6 Å². The number of carbonyl (C=O) groups is 3. The van der Waals surface area contributed by atoms with Gasteiger partial charge in [0.1, 0.15) is 40.9 Å². The van der Waals surface area contributed by atoms with Gasteiger partial charge in [0.05, 0.1) is 25.8 Å². The van der Waals surface area contributed by atoms with Gasteiger partial charge in [-0.3, -0.25) is 19.1 Å². The van der Waals surface area contributed by atoms with Crippen molar-refractivity contribution < 1.29 is 42.5 Å². The van der Waals surface area contributed by atoms with Crippen molar-refractivity contribution in [1.82, 2.24) is 33.4 Å². The quantitative estimate of drug-likeness (QED) is 0.0837. The second kappa shape index (κ2) is 16.1. The average Bonchev–Trinajstić information content (AvgIpc) is 4.07. The number of carbonyl (C=O) groups excluding carboxylic acids is 3. The number of unbranched alkanes of at least 4 members (excludes halogenated alkanes) is 1. The van der Waals surface area contributed by atoms with Crippen LogP contribution in [0.2, 0.25) is 0 Å². The van der Waals surface area contributed by atoms with Gasteiger partial charge in [-0.2, -0.15) is 0 Å². The number of rotatable bonds is 13. The summed E-state index contributed by atoms with van der Waals surface area (Å²) in [6.45, 7) is 5.51. The number of alkyl halides is 1. The van der Waals surface area contributed by atoms with Crippen LogP contribution in [0.1, 0.15) is 101 Å². The number of fused-ring (bicyclic) bond motifs is 3. The predicted molar refractivity (Wildman–Crippen MR) is 235 cm³/mol. The number of Topliss-reactive ketones (excluding diaryl/α,β-unsaturated/α-hetero) is 2. The van der Waals surface area contributed by atoms with E-state index in [0.29, 0.717) is 60.7 Å². The number of allylic oxidation sites excluding steroid dienone is 4. The molecule has 0 amide bonds. The molecule has 2 N–H and O–H groups in total. The number of aromatic nitrogens is 7. The van der Waals surface area contributed by atoms with Gasteiger partial charge in [-0.1, -0.05) is 32.1 Å². The van der Waals surface area contributed by atoms with Crippen molar-refractivity contribution in [1.29, 1.82) is 0 Å². The second-order valence-corrected chi connectivity index (χ2v) is 19.8. The van der Waals surface area contributed by atoms with Crippen LogP contribution in [0.5, 0.6) is 0 Å². The highest BCUT2D eigenvalue weighted by atomic mass is 35.5. The molecular weight excluding hydrogens is 865 g/mol. The van der Waals surface area contributed by atoms with Gasteiger partial charge in [-0.15, -0.1) is 16.7 Å². The first-order valence-corrected chi connectivity index (χ1v) is 23.3. The fourth-order valence-electron chi connectivity index (χ4n) is 12.8. The first-order chi connectivity index (χ1) is 30.8. The van der Waals surface area contributed by atoms with Crippen LogP contribution in [-0.4, -0.2) is 102 Å². The van der Waals surface area contributed by atoms with E-state index in [-0.39, 0.29) is 69.4 Å². The van der Waals surface area contributed by atoms with Crippen LogP contribution in [0.25, 0.3) is 6.08 Å². The molecule has 0 aromatic carbocycles. The van der Waals surface area contributed by atoms with Crippen LogP contribution in [0, 0.1) is 42.4 Å². The van der Waals surface area contributed by atoms with Gasteiger partial charge in [0.25, 0.3) is 0 Å². The summed E-state index contributed by atoms with van der Waals surface area (Å²) in [4.78, 5) is 67.3. The van der Waals surface area contributed by atoms with Crippen molar-refractivity contribution in [3.05, 3.63) is 85.4 Å². The highest BCUT2D eigenvalue weighted by Crippen LogP contribution is 2.70. The third-order valence-electron chi connectivity index (χ3n) is 16.4. The van der Waals surface area contributed by atoms with E-state index in [1.165, 1.54) is 9.36 Å². The summed E-state index contributed by atoms with van der Waals surface area (Å²) in [5.41, 5.74) is -1.52. The normalized spacial score (nSPS) is 30.9. The summed E-state index contributed by atoms with van der Waals surface area (Å²) < 4.78 is 45.2. The van der Waals surface area contributed by atoms with Crippen LogP contribution in [0.3, 0.4) is 0 Å². The number of aliphatic hydroxyl groups is 2. The number of esters is 1. The van der Waals surface area contributed by atoms with Crippen LogP contribution in [-0.2, 0) is 45.3 Å². The third kappa shape index (κ3) is 6.71. The Labute approximate surface area is 378 Å². The lowest BCUT2D eigenvalue weighted by molar-refractivity contribution is -0.362. The molecule has 0 unspecified atom stereocenters. The van der Waals surface area contributed by atoms with Gasteiger partial charge in [-0.05, 0) is 93.0 Å². The van der Waals surface area contributed by atoms with Gasteiger partial charge in [0.15, 0.2) is 11.5 Å². The molecular formula is C45H56BClF2N8O8. The lowest BCUT2D eigenvalue weighted by atomic mass is 9.46. The monoisotopic (exact) mass is 920 g/mol. The van der Waals surface area contributed by atoms with E-state index in [0.717, 1.165) is 24.7 Å². The minimum atomic E-state index is -4.09. The van der Waals surface area contributed by atoms with Gasteiger partial charge in [-0.25, -0.2) is 23.5 Å². The van der Waals surface area contributed by atoms with E-state index in [2.05, 4.69) is 10.3 Å². The second-order valence-electron chi connectivity index (χ2n) is 19.5. The highest BCUT2D eigenvalue weighted by molar-refractivity contribution is 6.58. The molecule has 3 aliphatic carbocycles. The Morgan fingerprint density at radius 3 is 2.60 bits per heavy atom. The first-order valence-electron chi connectivity index (χ1n) is 22.7. The molecule has 348 valence electrons. The van der Waals surface area contributed by atoms with E-state index >= 15 is 8.63 Å². The lowest BCUT2D eigenvalue weighted by Crippen LogP contribution is -2.69. The molecule has 3 saturated carbocycles. The van der Waals surface area contributed by atoms with Crippen molar-refractivity contribution in [2.45, 2.75) is 136 Å². The Balaban J connectivity index is 0.837. The Bertz CT molecular complexity index is 2760. The zero-order chi connectivity index (χ0) is 46.5. The topological polar surface area (TPSA) is 188 Å². The molecule has 3 fully saturated rings. The van der Waals surface area contributed by atoms with Gasteiger partial charge in [0, 0.05) is 60.6 Å². The number of aliphatic hydroxyl groups excluding tert-OH is 1. The predicted octanol–water partition coefficient (Wildman–Crippen LogP) is 3.92. The number of nitrogens with zero attached hydrogens (tertiary/aromatic N) is 8. The molecule has 6 aliphatic rings. The number of halogens is 3. The maximum absolute atomic E-state index is 15.8. The molecule has 16 nitrogen and oxygen atoms in total. The molecule has 2 bridgehead atoms. The summed E-state index contributed by atoms with van der Waals surface area (Å²) in [5.74, 6) is -2.82. The number of hydrogen-bond donors (Lipinski definition) is 2. The van der Waals surface area contributed by atoms with Crippen molar-refractivity contribution >= 4 is 47.9 Å². The van der Waals surface area contributed by atoms with Crippen molar-refractivity contribution in [3.8, 4) is 0 Å². The molecule has 20 heteroatoms. The van der Waals surface area contributed by atoms with Crippen LogP contribution in [0.4, 0.5) is 8.63 Å². The van der Waals surface area contributed by atoms with Crippen molar-refractivity contribution in [2.75, 3.05) is 5.88 Å². The molecule has 9 rings (SSSR count). The van der Waals surface area contributed by atoms with Gasteiger partial charge in [0.2, 0.25) is 0 Å². The summed E-state index contributed by atoms with van der Waals surface area (Å²) in [6, 6.07) is 1.76. The Kier molecular flexibility index (Phi) is 11.2. The largest absolute Gasteiger partial charge is 0.737 e. The van der Waals surface area contributed by atoms with Crippen molar-refractivity contribution in [2.24, 2.45) is 28.6 Å². The highest BCUT2D eigenvalue weighted by Gasteiger charge is 2.78. The molecule has 65 heavy (non-hydrogen) atoms. The summed E-state index contributed by atoms with van der Waals surface area (Å²) in [7, 11) is 0. The Morgan fingerprint density at radius 2 is 1.85 bits per heavy atom. The molecule has 0 spiro atoms. The minimum Gasteiger partial charge on any atom is -0.461 e. The molecule has 6 heterocycles. The number of ketones is 2. The molecule has 0 saturated heterocycles. The van der Waals surface area contributed by atoms with E-state index in [1.807, 2.05) is 26.8 Å². The Morgan fingerprint density at radius 1 is 1.09 bits per heavy atom. The number of aryl methyl sites for hydroxylation is 3. The average molecular weight is 921 g/mol. The maximum atomic E-state index is 15.8. The van der Waals surface area contributed by atoms with Crippen molar-refractivity contribution in [3.63, 3.8) is 0 Å². The van der Waals surface area contributed by atoms with E-state index < -0.39 is 70.5 Å². The Hall–Kier alpha value is -5.01. The molecule has 8 atom stereocenters. The molecule has 0 radical (unpaired) electrons.